The number of hydrogen-bond donors (Lipinski definition) is 1. The van der Waals surface area contributed by atoms with Gasteiger partial charge in [-0.1, -0.05) is 24.3 Å². The van der Waals surface area contributed by atoms with Crippen LogP contribution in [0.3, 0.4) is 0 Å². The van der Waals surface area contributed by atoms with E-state index in [2.05, 4.69) is 11.1 Å². The van der Waals surface area contributed by atoms with Crippen LogP contribution in [-0.2, 0) is 4.74 Å². The lowest BCUT2D eigenvalue weighted by Crippen LogP contribution is -2.02. The third-order valence-electron chi connectivity index (χ3n) is 4.58. The molecule has 5 nitrogen and oxygen atoms in total. The molecule has 1 aromatic heterocycles. The Kier molecular flexibility index (Phi) is 4.91. The highest BCUT2D eigenvalue weighted by molar-refractivity contribution is 5.90. The van der Waals surface area contributed by atoms with Crippen molar-refractivity contribution >= 4 is 11.8 Å². The molecule has 0 aliphatic carbocycles. The first-order valence-corrected chi connectivity index (χ1v) is 8.41. The zero-order valence-corrected chi connectivity index (χ0v) is 15.4. The molecule has 0 radical (unpaired) electrons. The molecule has 0 saturated carbocycles. The Balaban J connectivity index is 2.14. The van der Waals surface area contributed by atoms with Crippen LogP contribution >= 0.6 is 0 Å². The average molecular weight is 357 g/mol. The van der Waals surface area contributed by atoms with Crippen LogP contribution in [0.25, 0.3) is 22.4 Å². The third-order valence-corrected chi connectivity index (χ3v) is 4.58. The number of hydrogen-bond acceptors (Lipinski definition) is 5. The van der Waals surface area contributed by atoms with Crippen molar-refractivity contribution in [3.63, 3.8) is 0 Å². The maximum atomic E-state index is 11.6. The first kappa shape index (κ1) is 18.2. The van der Waals surface area contributed by atoms with Crippen LogP contribution in [0.2, 0.25) is 0 Å². The number of rotatable bonds is 3. The molecule has 0 unspecified atom stereocenters. The summed E-state index contributed by atoms with van der Waals surface area (Å²) >= 11 is 0. The fraction of sp³-hybridized carbons (Fsp3) is 0.136. The van der Waals surface area contributed by atoms with Crippen molar-refractivity contribution in [1.29, 1.82) is 5.26 Å². The fourth-order valence-electron chi connectivity index (χ4n) is 2.86. The van der Waals surface area contributed by atoms with E-state index < -0.39 is 5.97 Å². The minimum atomic E-state index is -0.410. The van der Waals surface area contributed by atoms with E-state index in [4.69, 9.17) is 10.5 Å². The van der Waals surface area contributed by atoms with Crippen LogP contribution in [0.4, 0.5) is 5.82 Å². The van der Waals surface area contributed by atoms with E-state index in [9.17, 15) is 10.1 Å². The molecule has 2 aromatic carbocycles. The van der Waals surface area contributed by atoms with Crippen LogP contribution in [0.5, 0.6) is 0 Å². The minimum absolute atomic E-state index is 0.181. The molecule has 3 rings (SSSR count). The predicted molar refractivity (Wildman–Crippen MR) is 105 cm³/mol. The zero-order valence-electron chi connectivity index (χ0n) is 15.4. The number of ether oxygens (including phenoxy) is 1. The summed E-state index contributed by atoms with van der Waals surface area (Å²) in [6.07, 6.45) is 0. The summed E-state index contributed by atoms with van der Waals surface area (Å²) in [5, 5.41) is 9.54. The number of pyridine rings is 1. The number of benzene rings is 2. The molecule has 0 spiro atoms. The summed E-state index contributed by atoms with van der Waals surface area (Å²) < 4.78 is 4.72. The normalized spacial score (nSPS) is 10.3. The molecule has 2 N–H and O–H groups in total. The van der Waals surface area contributed by atoms with Gasteiger partial charge in [-0.05, 0) is 54.8 Å². The van der Waals surface area contributed by atoms with E-state index in [1.807, 2.05) is 38.1 Å². The second kappa shape index (κ2) is 7.30. The van der Waals surface area contributed by atoms with Gasteiger partial charge in [-0.2, -0.15) is 5.26 Å². The molecule has 5 heteroatoms. The van der Waals surface area contributed by atoms with Gasteiger partial charge >= 0.3 is 5.97 Å². The second-order valence-corrected chi connectivity index (χ2v) is 6.30. The Bertz CT molecular complexity index is 1060. The van der Waals surface area contributed by atoms with Crippen molar-refractivity contribution in [1.82, 2.24) is 4.98 Å². The number of aryl methyl sites for hydroxylation is 2. The highest BCUT2D eigenvalue weighted by atomic mass is 16.5. The van der Waals surface area contributed by atoms with Crippen molar-refractivity contribution in [2.24, 2.45) is 0 Å². The van der Waals surface area contributed by atoms with E-state index in [0.29, 0.717) is 22.4 Å². The lowest BCUT2D eigenvalue weighted by Gasteiger charge is -2.11. The summed E-state index contributed by atoms with van der Waals surface area (Å²) in [5.74, 6) is -0.229. The number of methoxy groups -OCH3 is 1. The lowest BCUT2D eigenvalue weighted by molar-refractivity contribution is 0.0601. The zero-order chi connectivity index (χ0) is 19.6. The van der Waals surface area contributed by atoms with Crippen molar-refractivity contribution in [2.75, 3.05) is 12.8 Å². The van der Waals surface area contributed by atoms with Gasteiger partial charge in [0.15, 0.2) is 0 Å². The molecule has 0 fully saturated rings. The lowest BCUT2D eigenvalue weighted by atomic mass is 9.96. The number of aromatic nitrogens is 1. The first-order chi connectivity index (χ1) is 12.9. The van der Waals surface area contributed by atoms with Crippen LogP contribution in [0, 0.1) is 25.2 Å². The highest BCUT2D eigenvalue weighted by Crippen LogP contribution is 2.32. The fourth-order valence-corrected chi connectivity index (χ4v) is 2.86. The van der Waals surface area contributed by atoms with E-state index in [1.54, 1.807) is 24.3 Å². The van der Waals surface area contributed by atoms with E-state index in [0.717, 1.165) is 16.7 Å². The number of nitriles is 1. The molecular weight excluding hydrogens is 338 g/mol. The average Bonchev–Trinajstić information content (AvgIpc) is 2.69. The van der Waals surface area contributed by atoms with Gasteiger partial charge < -0.3 is 10.5 Å². The van der Waals surface area contributed by atoms with Gasteiger partial charge in [-0.3, -0.25) is 0 Å². The predicted octanol–water partition coefficient (Wildman–Crippen LogP) is 4.27. The maximum Gasteiger partial charge on any atom is 0.337 e. The molecule has 0 atom stereocenters. The summed E-state index contributed by atoms with van der Waals surface area (Å²) in [4.78, 5) is 16.0. The van der Waals surface area contributed by atoms with Crippen LogP contribution in [0.15, 0.2) is 48.5 Å². The maximum absolute atomic E-state index is 11.6. The Morgan fingerprint density at radius 1 is 1.04 bits per heavy atom. The molecule has 0 aliphatic heterocycles. The van der Waals surface area contributed by atoms with Gasteiger partial charge in [0.05, 0.1) is 18.4 Å². The molecule has 1 heterocycles. The minimum Gasteiger partial charge on any atom is -0.465 e. The Morgan fingerprint density at radius 2 is 1.70 bits per heavy atom. The molecule has 0 aliphatic rings. The molecule has 3 aromatic rings. The van der Waals surface area contributed by atoms with Gasteiger partial charge in [-0.25, -0.2) is 9.78 Å². The summed E-state index contributed by atoms with van der Waals surface area (Å²) in [6.45, 7) is 4.09. The number of nitrogen functional groups attached to an aromatic ring is 1. The van der Waals surface area contributed by atoms with Crippen molar-refractivity contribution < 1.29 is 9.53 Å². The summed E-state index contributed by atoms with van der Waals surface area (Å²) in [7, 11) is 1.34. The van der Waals surface area contributed by atoms with Crippen LogP contribution in [-0.4, -0.2) is 18.1 Å². The van der Waals surface area contributed by atoms with Gasteiger partial charge in [0.25, 0.3) is 0 Å². The Labute approximate surface area is 158 Å². The van der Waals surface area contributed by atoms with Crippen LogP contribution < -0.4 is 5.73 Å². The van der Waals surface area contributed by atoms with Gasteiger partial charge in [0, 0.05) is 11.1 Å². The van der Waals surface area contributed by atoms with Crippen molar-refractivity contribution in [3.05, 3.63) is 70.8 Å². The van der Waals surface area contributed by atoms with Crippen molar-refractivity contribution in [3.8, 4) is 28.5 Å². The number of carbonyl (C=O) groups is 1. The molecule has 27 heavy (non-hydrogen) atoms. The van der Waals surface area contributed by atoms with Gasteiger partial charge in [0.1, 0.15) is 17.5 Å². The van der Waals surface area contributed by atoms with E-state index in [1.165, 1.54) is 12.7 Å². The smallest absolute Gasteiger partial charge is 0.337 e. The number of esters is 1. The highest BCUT2D eigenvalue weighted by Gasteiger charge is 2.14. The molecule has 0 saturated heterocycles. The SMILES string of the molecule is COC(=O)c1ccc(-c2cc(-c3ccc(C)c(C)c3)nc(N)c2C#N)cc1. The number of anilines is 1. The quantitative estimate of drug-likeness (QED) is 0.707. The standard InChI is InChI=1S/C22H19N3O2/c1-13-4-5-17(10-14(13)2)20-11-18(19(12-23)21(24)25-20)15-6-8-16(9-7-15)22(26)27-3/h4-11H,1-3H3,(H2,24,25). The Morgan fingerprint density at radius 3 is 2.30 bits per heavy atom. The number of nitrogens with two attached hydrogens (primary N) is 1. The number of nitrogens with zero attached hydrogens (tertiary/aromatic N) is 2. The largest absolute Gasteiger partial charge is 0.465 e. The first-order valence-electron chi connectivity index (χ1n) is 8.41. The topological polar surface area (TPSA) is 89.0 Å². The van der Waals surface area contributed by atoms with E-state index in [-0.39, 0.29) is 5.82 Å². The van der Waals surface area contributed by atoms with Gasteiger partial charge in [0.2, 0.25) is 0 Å². The number of carbonyl (C=O) groups excluding carboxylic acids is 1. The molecule has 0 bridgehead atoms. The Hall–Kier alpha value is -3.65. The molecular formula is C22H19N3O2. The monoisotopic (exact) mass is 357 g/mol. The molecule has 134 valence electrons. The third kappa shape index (κ3) is 3.51. The van der Waals surface area contributed by atoms with Gasteiger partial charge in [-0.15, -0.1) is 0 Å². The van der Waals surface area contributed by atoms with Crippen LogP contribution in [0.1, 0.15) is 27.0 Å². The second-order valence-electron chi connectivity index (χ2n) is 6.30. The molecule has 0 amide bonds. The van der Waals surface area contributed by atoms with Crippen molar-refractivity contribution in [2.45, 2.75) is 13.8 Å². The van der Waals surface area contributed by atoms with E-state index >= 15 is 0 Å². The summed E-state index contributed by atoms with van der Waals surface area (Å²) in [6, 6.07) is 16.9. The summed E-state index contributed by atoms with van der Waals surface area (Å²) in [5.41, 5.74) is 12.2.